The van der Waals surface area contributed by atoms with Crippen molar-refractivity contribution >= 4 is 56.4 Å². The lowest BCUT2D eigenvalue weighted by Crippen LogP contribution is -2.52. The average Bonchev–Trinajstić information content (AvgIpc) is 2.11. The van der Waals surface area contributed by atoms with Crippen molar-refractivity contribution < 1.29 is 24.7 Å². The molecule has 0 aromatic carbocycles. The van der Waals surface area contributed by atoms with E-state index in [4.69, 9.17) is 24.7 Å². The first-order chi connectivity index (χ1) is 7.81. The molecule has 0 spiro atoms. The van der Waals surface area contributed by atoms with Gasteiger partial charge in [-0.15, -0.1) is 0 Å². The molecule has 0 aliphatic carbocycles. The molecule has 102 valence electrons. The largest absolute Gasteiger partial charge is 0.425 e. The molecule has 1 rings (SSSR count). The van der Waals surface area contributed by atoms with Gasteiger partial charge in [-0.3, -0.25) is 0 Å². The summed E-state index contributed by atoms with van der Waals surface area (Å²) in [7, 11) is -8.65. The van der Waals surface area contributed by atoms with Gasteiger partial charge in [0, 0.05) is 0 Å². The van der Waals surface area contributed by atoms with Crippen LogP contribution in [0.25, 0.3) is 0 Å². The minimum atomic E-state index is -2.15. The summed E-state index contributed by atoms with van der Waals surface area (Å²) in [6.07, 6.45) is 0. The summed E-state index contributed by atoms with van der Waals surface area (Å²) in [6.45, 7) is 10.2. The summed E-state index contributed by atoms with van der Waals surface area (Å²) in [5, 5.41) is 0. The fraction of sp³-hybridized carbons (Fsp3) is 1.00. The van der Waals surface area contributed by atoms with E-state index in [1.165, 1.54) is 0 Å². The summed E-state index contributed by atoms with van der Waals surface area (Å²) >= 11 is 0. The maximum Gasteiger partial charge on any atom is 0.313 e. The molecule has 1 atom stereocenters. The van der Waals surface area contributed by atoms with Crippen LogP contribution in [0.4, 0.5) is 0 Å². The van der Waals surface area contributed by atoms with Crippen LogP contribution < -0.4 is 0 Å². The van der Waals surface area contributed by atoms with Gasteiger partial charge in [0.05, 0.1) is 0 Å². The van der Waals surface area contributed by atoms with Crippen LogP contribution >= 0.6 is 0 Å². The lowest BCUT2D eigenvalue weighted by atomic mass is 11.9. The molecule has 1 aliphatic rings. The van der Waals surface area contributed by atoms with Gasteiger partial charge in [-0.1, -0.05) is 0 Å². The van der Waals surface area contributed by atoms with E-state index < -0.39 is 56.4 Å². The van der Waals surface area contributed by atoms with Gasteiger partial charge in [-0.2, -0.15) is 0 Å². The number of rotatable bonds is 0. The SMILES string of the molecule is C[SiH]1O[SiH2]O[SiH2]O[SiH2]O[Si](C)(C)O[Si](C)(C)O1. The van der Waals surface area contributed by atoms with Crippen molar-refractivity contribution in [1.29, 1.82) is 0 Å². The molecule has 0 amide bonds. The minimum Gasteiger partial charge on any atom is -0.425 e. The van der Waals surface area contributed by atoms with Crippen LogP contribution in [0.15, 0.2) is 0 Å². The number of hydrogen-bond acceptors (Lipinski definition) is 6. The molecule has 0 saturated carbocycles. The quantitative estimate of drug-likeness (QED) is 0.490. The Bertz CT molecular complexity index is 239. The molecule has 0 N–H and O–H groups in total. The smallest absolute Gasteiger partial charge is 0.313 e. The van der Waals surface area contributed by atoms with Gasteiger partial charge in [-0.25, -0.2) is 0 Å². The maximum absolute atomic E-state index is 6.10. The van der Waals surface area contributed by atoms with Crippen LogP contribution in [0.3, 0.4) is 0 Å². The van der Waals surface area contributed by atoms with Crippen LogP contribution in [0.2, 0.25) is 32.7 Å². The first kappa shape index (κ1) is 16.1. The molecule has 1 saturated heterocycles. The van der Waals surface area contributed by atoms with E-state index in [1.54, 1.807) is 0 Å². The molecule has 1 aliphatic heterocycles. The Hall–Kier alpha value is 1.06. The van der Waals surface area contributed by atoms with E-state index >= 15 is 0 Å². The average molecular weight is 347 g/mol. The molecule has 1 fully saturated rings. The highest BCUT2D eigenvalue weighted by Crippen LogP contribution is 2.17. The Morgan fingerprint density at radius 2 is 1.53 bits per heavy atom. The predicted molar refractivity (Wildman–Crippen MR) is 80.1 cm³/mol. The first-order valence-electron chi connectivity index (χ1n) is 5.60. The molecule has 1 unspecified atom stereocenters. The molecule has 0 radical (unpaired) electrons. The van der Waals surface area contributed by atoms with Gasteiger partial charge < -0.3 is 24.7 Å². The van der Waals surface area contributed by atoms with Crippen LogP contribution in [-0.4, -0.2) is 56.4 Å². The summed E-state index contributed by atoms with van der Waals surface area (Å²) in [4.78, 5) is 0. The second kappa shape index (κ2) is 7.01. The molecule has 0 aromatic heterocycles. The van der Waals surface area contributed by atoms with Crippen LogP contribution in [0.5, 0.6) is 0 Å². The van der Waals surface area contributed by atoms with Gasteiger partial charge >= 0.3 is 17.1 Å². The third-order valence-corrected chi connectivity index (χ3v) is 17.9. The molecule has 1 heterocycles. The highest BCUT2D eigenvalue weighted by Gasteiger charge is 2.37. The van der Waals surface area contributed by atoms with E-state index in [9.17, 15) is 0 Å². The topological polar surface area (TPSA) is 55.4 Å². The standard InChI is InChI=1S/C5H22O6Si6/c1-15-8-13-6-12-7-14-9-16(2,3)11-17(4,5)10-15/h15H,12-14H2,1-5H3. The second-order valence-corrected chi connectivity index (χ2v) is 19.6. The Balaban J connectivity index is 2.60. The summed E-state index contributed by atoms with van der Waals surface area (Å²) in [5.41, 5.74) is 0. The number of hydrogen-bond donors (Lipinski definition) is 0. The Kier molecular flexibility index (Phi) is 6.64. The lowest BCUT2D eigenvalue weighted by molar-refractivity contribution is 0.291. The zero-order valence-electron chi connectivity index (χ0n) is 11.1. The molecule has 17 heavy (non-hydrogen) atoms. The van der Waals surface area contributed by atoms with Crippen molar-refractivity contribution in [2.45, 2.75) is 32.7 Å². The van der Waals surface area contributed by atoms with E-state index in [2.05, 4.69) is 0 Å². The normalized spacial score (nSPS) is 35.5. The zero-order valence-corrected chi connectivity index (χ0v) is 18.5. The van der Waals surface area contributed by atoms with Gasteiger partial charge in [0.1, 0.15) is 0 Å². The van der Waals surface area contributed by atoms with E-state index in [-0.39, 0.29) is 0 Å². The third-order valence-electron chi connectivity index (χ3n) is 1.98. The molecule has 0 bridgehead atoms. The van der Waals surface area contributed by atoms with Gasteiger partial charge in [0.15, 0.2) is 0 Å². The Morgan fingerprint density at radius 1 is 0.882 bits per heavy atom. The monoisotopic (exact) mass is 346 g/mol. The first-order valence-corrected chi connectivity index (χ1v) is 16.8. The lowest BCUT2D eigenvalue weighted by Gasteiger charge is -2.35. The van der Waals surface area contributed by atoms with Crippen molar-refractivity contribution in [2.75, 3.05) is 0 Å². The molecule has 0 aromatic rings. The van der Waals surface area contributed by atoms with Crippen LogP contribution in [0.1, 0.15) is 0 Å². The van der Waals surface area contributed by atoms with E-state index in [1.807, 2.05) is 32.7 Å². The maximum atomic E-state index is 6.10. The van der Waals surface area contributed by atoms with Crippen LogP contribution in [0, 0.1) is 0 Å². The minimum absolute atomic E-state index is 0.894. The predicted octanol–water partition coefficient (Wildman–Crippen LogP) is -1.65. The molecule has 12 heteroatoms. The highest BCUT2D eigenvalue weighted by molar-refractivity contribution is 6.83. The van der Waals surface area contributed by atoms with Crippen molar-refractivity contribution in [1.82, 2.24) is 0 Å². The van der Waals surface area contributed by atoms with Crippen molar-refractivity contribution in [3.63, 3.8) is 0 Å². The summed E-state index contributed by atoms with van der Waals surface area (Å²) < 4.78 is 34.5. The fourth-order valence-corrected chi connectivity index (χ4v) is 18.1. The molecular formula is C5H22O6Si6. The van der Waals surface area contributed by atoms with E-state index in [0.717, 1.165) is 0 Å². The summed E-state index contributed by atoms with van der Waals surface area (Å²) in [5.74, 6) is 0. The zero-order chi connectivity index (χ0) is 12.9. The van der Waals surface area contributed by atoms with E-state index in [0.29, 0.717) is 0 Å². The molecule has 6 nitrogen and oxygen atoms in total. The van der Waals surface area contributed by atoms with Gasteiger partial charge in [0.25, 0.3) is 39.3 Å². The van der Waals surface area contributed by atoms with Crippen molar-refractivity contribution in [3.8, 4) is 0 Å². The van der Waals surface area contributed by atoms with Crippen molar-refractivity contribution in [2.24, 2.45) is 0 Å². The van der Waals surface area contributed by atoms with Gasteiger partial charge in [0.2, 0.25) is 0 Å². The summed E-state index contributed by atoms with van der Waals surface area (Å²) in [6, 6.07) is 0. The van der Waals surface area contributed by atoms with Gasteiger partial charge in [-0.05, 0) is 32.7 Å². The third kappa shape index (κ3) is 7.28. The second-order valence-electron chi connectivity index (χ2n) is 4.66. The van der Waals surface area contributed by atoms with Crippen LogP contribution in [-0.2, 0) is 24.7 Å². The Labute approximate surface area is 114 Å². The highest BCUT2D eigenvalue weighted by atomic mass is 28.5. The molecular weight excluding hydrogens is 325 g/mol. The Morgan fingerprint density at radius 3 is 2.24 bits per heavy atom. The van der Waals surface area contributed by atoms with Crippen molar-refractivity contribution in [3.05, 3.63) is 0 Å². The fourth-order valence-electron chi connectivity index (χ4n) is 1.53.